The van der Waals surface area contributed by atoms with Crippen LogP contribution in [0.3, 0.4) is 0 Å². The number of piperazine rings is 1. The predicted molar refractivity (Wildman–Crippen MR) is 111 cm³/mol. The molecule has 1 atom stereocenters. The maximum atomic E-state index is 13.0. The first-order valence-electron chi connectivity index (χ1n) is 10.4. The summed E-state index contributed by atoms with van der Waals surface area (Å²) < 4.78 is 27.5. The van der Waals surface area contributed by atoms with Gasteiger partial charge in [-0.15, -0.1) is 0 Å². The molecular weight excluding hydrogens is 390 g/mol. The highest BCUT2D eigenvalue weighted by Crippen LogP contribution is 2.25. The van der Waals surface area contributed by atoms with Crippen LogP contribution < -0.4 is 5.32 Å². The number of rotatable bonds is 5. The summed E-state index contributed by atoms with van der Waals surface area (Å²) in [4.78, 5) is 27.0. The Morgan fingerprint density at radius 2 is 1.69 bits per heavy atom. The van der Waals surface area contributed by atoms with Gasteiger partial charge in [-0.25, -0.2) is 8.42 Å². The molecule has 2 aliphatic rings. The number of aryl methyl sites for hydroxylation is 2. The summed E-state index contributed by atoms with van der Waals surface area (Å²) in [6.07, 6.45) is 3.91. The Hall–Kier alpha value is -1.93. The van der Waals surface area contributed by atoms with Crippen molar-refractivity contribution in [2.45, 2.75) is 57.4 Å². The zero-order chi connectivity index (χ0) is 21.2. The monoisotopic (exact) mass is 421 g/mol. The van der Waals surface area contributed by atoms with Gasteiger partial charge in [-0.1, -0.05) is 25.0 Å². The van der Waals surface area contributed by atoms with Gasteiger partial charge in [-0.2, -0.15) is 4.31 Å². The van der Waals surface area contributed by atoms with E-state index in [0.29, 0.717) is 18.0 Å². The van der Waals surface area contributed by atoms with Crippen LogP contribution in [-0.2, 0) is 19.6 Å². The van der Waals surface area contributed by atoms with Gasteiger partial charge in [0.15, 0.2) is 0 Å². The summed E-state index contributed by atoms with van der Waals surface area (Å²) in [7, 11) is -3.59. The summed E-state index contributed by atoms with van der Waals surface area (Å²) in [6.45, 7) is 6.53. The van der Waals surface area contributed by atoms with Crippen molar-refractivity contribution in [2.24, 2.45) is 5.92 Å². The molecule has 0 spiro atoms. The maximum absolute atomic E-state index is 13.0. The second kappa shape index (κ2) is 8.83. The standard InChI is InChI=1S/C21H31N3O4S/c1-15-8-9-16(2)19(14-15)29(27,28)24-12-10-23(11-13-24)21(26)17(3)22-20(25)18-6-4-5-7-18/h8-9,14,17-18H,4-7,10-13H2,1-3H3,(H,22,25)/t17-/m1/s1. The molecule has 1 aliphatic carbocycles. The molecule has 1 N–H and O–H groups in total. The van der Waals surface area contributed by atoms with Gasteiger partial charge in [-0.05, 0) is 50.8 Å². The van der Waals surface area contributed by atoms with E-state index in [2.05, 4.69) is 5.32 Å². The minimum atomic E-state index is -3.59. The van der Waals surface area contributed by atoms with Gasteiger partial charge in [0.2, 0.25) is 21.8 Å². The van der Waals surface area contributed by atoms with E-state index in [1.54, 1.807) is 24.8 Å². The second-order valence-corrected chi connectivity index (χ2v) is 10.1. The Morgan fingerprint density at radius 1 is 1.07 bits per heavy atom. The molecule has 7 nitrogen and oxygen atoms in total. The molecule has 0 aromatic heterocycles. The van der Waals surface area contributed by atoms with Crippen LogP contribution >= 0.6 is 0 Å². The highest BCUT2D eigenvalue weighted by molar-refractivity contribution is 7.89. The second-order valence-electron chi connectivity index (χ2n) is 8.21. The molecule has 2 fully saturated rings. The Bertz CT molecular complexity index is 870. The number of carbonyl (C=O) groups is 2. The van der Waals surface area contributed by atoms with Crippen LogP contribution in [0.25, 0.3) is 0 Å². The predicted octanol–water partition coefficient (Wildman–Crippen LogP) is 1.83. The molecular formula is C21H31N3O4S. The lowest BCUT2D eigenvalue weighted by Crippen LogP contribution is -2.55. The normalized spacial score (nSPS) is 19.9. The topological polar surface area (TPSA) is 86.8 Å². The Morgan fingerprint density at radius 3 is 2.31 bits per heavy atom. The number of hydrogen-bond acceptors (Lipinski definition) is 4. The number of nitrogens with zero attached hydrogens (tertiary/aromatic N) is 2. The lowest BCUT2D eigenvalue weighted by Gasteiger charge is -2.35. The fourth-order valence-corrected chi connectivity index (χ4v) is 5.86. The van der Waals surface area contributed by atoms with Crippen molar-refractivity contribution < 1.29 is 18.0 Å². The van der Waals surface area contributed by atoms with Gasteiger partial charge in [0.05, 0.1) is 4.90 Å². The number of hydrogen-bond donors (Lipinski definition) is 1. The van der Waals surface area contributed by atoms with Gasteiger partial charge in [0.1, 0.15) is 6.04 Å². The minimum Gasteiger partial charge on any atom is -0.344 e. The molecule has 2 amide bonds. The average Bonchev–Trinajstić information content (AvgIpc) is 3.24. The van der Waals surface area contributed by atoms with Crippen molar-refractivity contribution in [1.82, 2.24) is 14.5 Å². The highest BCUT2D eigenvalue weighted by Gasteiger charge is 2.33. The fourth-order valence-electron chi connectivity index (χ4n) is 4.13. The van der Waals surface area contributed by atoms with E-state index < -0.39 is 16.1 Å². The van der Waals surface area contributed by atoms with Crippen LogP contribution in [0.5, 0.6) is 0 Å². The van der Waals surface area contributed by atoms with Crippen molar-refractivity contribution in [2.75, 3.05) is 26.2 Å². The first kappa shape index (κ1) is 21.8. The van der Waals surface area contributed by atoms with E-state index >= 15 is 0 Å². The van der Waals surface area contributed by atoms with Crippen molar-refractivity contribution in [3.05, 3.63) is 29.3 Å². The molecule has 8 heteroatoms. The molecule has 1 aromatic rings. The summed E-state index contributed by atoms with van der Waals surface area (Å²) >= 11 is 0. The molecule has 1 heterocycles. The van der Waals surface area contributed by atoms with Crippen LogP contribution in [0, 0.1) is 19.8 Å². The summed E-state index contributed by atoms with van der Waals surface area (Å²) in [6, 6.07) is 4.82. The molecule has 1 aliphatic heterocycles. The largest absolute Gasteiger partial charge is 0.344 e. The van der Waals surface area contributed by atoms with Crippen LogP contribution in [0.2, 0.25) is 0 Å². The number of amides is 2. The molecule has 160 valence electrons. The first-order valence-corrected chi connectivity index (χ1v) is 11.8. The molecule has 3 rings (SSSR count). The first-order chi connectivity index (χ1) is 13.7. The van der Waals surface area contributed by atoms with Gasteiger partial charge in [-0.3, -0.25) is 9.59 Å². The van der Waals surface area contributed by atoms with Crippen LogP contribution in [-0.4, -0.2) is 61.7 Å². The minimum absolute atomic E-state index is 0.0183. The molecule has 1 aromatic carbocycles. The van der Waals surface area contributed by atoms with E-state index in [1.807, 2.05) is 19.1 Å². The Kier molecular flexibility index (Phi) is 6.63. The maximum Gasteiger partial charge on any atom is 0.244 e. The van der Waals surface area contributed by atoms with Gasteiger partial charge in [0.25, 0.3) is 0 Å². The number of nitrogens with one attached hydrogen (secondary N) is 1. The smallest absolute Gasteiger partial charge is 0.244 e. The van der Waals surface area contributed by atoms with Crippen LogP contribution in [0.15, 0.2) is 23.1 Å². The Labute approximate surface area is 173 Å². The van der Waals surface area contributed by atoms with Crippen molar-refractivity contribution in [3.8, 4) is 0 Å². The van der Waals surface area contributed by atoms with Gasteiger partial charge < -0.3 is 10.2 Å². The third-order valence-corrected chi connectivity index (χ3v) is 8.01. The van der Waals surface area contributed by atoms with E-state index in [1.165, 1.54) is 4.31 Å². The molecule has 0 bridgehead atoms. The Balaban J connectivity index is 1.58. The number of carbonyl (C=O) groups excluding carboxylic acids is 2. The lowest BCUT2D eigenvalue weighted by atomic mass is 10.1. The average molecular weight is 422 g/mol. The molecule has 0 unspecified atom stereocenters. The quantitative estimate of drug-likeness (QED) is 0.786. The van der Waals surface area contributed by atoms with E-state index in [0.717, 1.165) is 36.8 Å². The lowest BCUT2D eigenvalue weighted by molar-refractivity contribution is -0.137. The van der Waals surface area contributed by atoms with Gasteiger partial charge in [0, 0.05) is 32.1 Å². The van der Waals surface area contributed by atoms with Crippen LogP contribution in [0.1, 0.15) is 43.7 Å². The van der Waals surface area contributed by atoms with Crippen molar-refractivity contribution in [3.63, 3.8) is 0 Å². The SMILES string of the molecule is Cc1ccc(C)c(S(=O)(=O)N2CCN(C(=O)[C@@H](C)NC(=O)C3CCCC3)CC2)c1. The molecule has 1 saturated carbocycles. The number of sulfonamides is 1. The van der Waals surface area contributed by atoms with E-state index in [-0.39, 0.29) is 30.8 Å². The summed E-state index contributed by atoms with van der Waals surface area (Å²) in [5.74, 6) is -0.176. The van der Waals surface area contributed by atoms with Crippen LogP contribution in [0.4, 0.5) is 0 Å². The summed E-state index contributed by atoms with van der Waals surface area (Å²) in [5, 5.41) is 2.84. The highest BCUT2D eigenvalue weighted by atomic mass is 32.2. The fraction of sp³-hybridized carbons (Fsp3) is 0.619. The summed E-state index contributed by atoms with van der Waals surface area (Å²) in [5.41, 5.74) is 1.62. The zero-order valence-electron chi connectivity index (χ0n) is 17.5. The third-order valence-electron chi connectivity index (χ3n) is 5.97. The van der Waals surface area contributed by atoms with E-state index in [9.17, 15) is 18.0 Å². The molecule has 29 heavy (non-hydrogen) atoms. The third kappa shape index (κ3) is 4.80. The van der Waals surface area contributed by atoms with Crippen molar-refractivity contribution >= 4 is 21.8 Å². The number of benzene rings is 1. The van der Waals surface area contributed by atoms with Gasteiger partial charge >= 0.3 is 0 Å². The molecule has 1 saturated heterocycles. The van der Waals surface area contributed by atoms with Crippen molar-refractivity contribution in [1.29, 1.82) is 0 Å². The molecule has 0 radical (unpaired) electrons. The zero-order valence-corrected chi connectivity index (χ0v) is 18.3. The van der Waals surface area contributed by atoms with E-state index in [4.69, 9.17) is 0 Å².